The topological polar surface area (TPSA) is 54.3 Å². The van der Waals surface area contributed by atoms with Crippen molar-refractivity contribution in [3.8, 4) is 5.69 Å². The summed E-state index contributed by atoms with van der Waals surface area (Å²) in [5, 5.41) is 12.3. The van der Waals surface area contributed by atoms with Crippen molar-refractivity contribution >= 4 is 17.3 Å². The molecule has 0 saturated carbocycles. The average Bonchev–Trinajstić information content (AvgIpc) is 2.40. The van der Waals surface area contributed by atoms with Crippen LogP contribution in [0.15, 0.2) is 41.3 Å². The highest BCUT2D eigenvalue weighted by Gasteiger charge is 2.06. The molecule has 5 heteroatoms. The van der Waals surface area contributed by atoms with Crippen LogP contribution in [0.2, 0.25) is 5.02 Å². The van der Waals surface area contributed by atoms with Gasteiger partial charge in [0.25, 0.3) is 5.56 Å². The third kappa shape index (κ3) is 3.16. The summed E-state index contributed by atoms with van der Waals surface area (Å²) in [6, 6.07) is 8.63. The van der Waals surface area contributed by atoms with Crippen molar-refractivity contribution in [2.45, 2.75) is 6.92 Å². The van der Waals surface area contributed by atoms with Crippen molar-refractivity contribution < 1.29 is 5.11 Å². The molecule has 0 amide bonds. The number of aliphatic hydroxyl groups is 1. The maximum Gasteiger partial charge on any atom is 0.255 e. The molecule has 1 aromatic heterocycles. The molecule has 1 heterocycles. The van der Waals surface area contributed by atoms with Gasteiger partial charge in [0.1, 0.15) is 0 Å². The molecule has 2 aromatic rings. The molecule has 0 aliphatic rings. The summed E-state index contributed by atoms with van der Waals surface area (Å²) in [4.78, 5) is 11.8. The number of aliphatic hydroxyl groups excluding tert-OH is 1. The van der Waals surface area contributed by atoms with Crippen LogP contribution in [-0.2, 0) is 0 Å². The molecule has 2 N–H and O–H groups in total. The van der Waals surface area contributed by atoms with E-state index >= 15 is 0 Å². The maximum absolute atomic E-state index is 11.8. The molecule has 0 atom stereocenters. The monoisotopic (exact) mass is 278 g/mol. The summed E-state index contributed by atoms with van der Waals surface area (Å²) in [5.74, 6) is 0. The Morgan fingerprint density at radius 3 is 2.79 bits per heavy atom. The van der Waals surface area contributed by atoms with Gasteiger partial charge < -0.3 is 10.4 Å². The van der Waals surface area contributed by atoms with Crippen LogP contribution < -0.4 is 10.9 Å². The normalized spacial score (nSPS) is 10.5. The Labute approximate surface area is 116 Å². The Bertz CT molecular complexity index is 638. The number of aryl methyl sites for hydroxylation is 1. The Balaban J connectivity index is 2.40. The van der Waals surface area contributed by atoms with Crippen LogP contribution in [0, 0.1) is 6.92 Å². The van der Waals surface area contributed by atoms with Gasteiger partial charge in [-0.25, -0.2) is 0 Å². The predicted octanol–water partition coefficient (Wildman–Crippen LogP) is 2.20. The Morgan fingerprint density at radius 2 is 2.11 bits per heavy atom. The molecular weight excluding hydrogens is 264 g/mol. The zero-order valence-electron chi connectivity index (χ0n) is 10.6. The van der Waals surface area contributed by atoms with Crippen LogP contribution in [0.25, 0.3) is 5.69 Å². The highest BCUT2D eigenvalue weighted by Crippen LogP contribution is 2.23. The molecule has 19 heavy (non-hydrogen) atoms. The number of anilines is 1. The van der Waals surface area contributed by atoms with Gasteiger partial charge in [0, 0.05) is 24.5 Å². The molecule has 0 aliphatic heterocycles. The quantitative estimate of drug-likeness (QED) is 0.901. The van der Waals surface area contributed by atoms with Crippen LogP contribution >= 0.6 is 11.6 Å². The van der Waals surface area contributed by atoms with Crippen molar-refractivity contribution in [3.63, 3.8) is 0 Å². The van der Waals surface area contributed by atoms with Gasteiger partial charge in [-0.2, -0.15) is 0 Å². The third-order valence-corrected chi connectivity index (χ3v) is 3.01. The highest BCUT2D eigenvalue weighted by atomic mass is 35.5. The molecule has 100 valence electrons. The molecule has 0 aliphatic carbocycles. The van der Waals surface area contributed by atoms with Crippen LogP contribution in [0.3, 0.4) is 0 Å². The molecule has 0 fully saturated rings. The molecule has 0 saturated heterocycles. The van der Waals surface area contributed by atoms with Crippen LogP contribution in [0.4, 0.5) is 5.69 Å². The number of pyridine rings is 1. The van der Waals surface area contributed by atoms with Crippen LogP contribution in [0.1, 0.15) is 5.56 Å². The van der Waals surface area contributed by atoms with Gasteiger partial charge in [0.05, 0.1) is 17.3 Å². The lowest BCUT2D eigenvalue weighted by atomic mass is 10.2. The minimum Gasteiger partial charge on any atom is -0.395 e. The standard InChI is InChI=1S/C14H15ClN2O2/c1-10-2-5-14(19)17(9-10)13-4-3-11(8-12(13)15)16-6-7-18/h2-5,8-9,16,18H,6-7H2,1H3. The number of rotatable bonds is 4. The number of hydrogen-bond acceptors (Lipinski definition) is 3. The highest BCUT2D eigenvalue weighted by molar-refractivity contribution is 6.32. The first-order valence-corrected chi connectivity index (χ1v) is 6.33. The lowest BCUT2D eigenvalue weighted by Gasteiger charge is -2.11. The van der Waals surface area contributed by atoms with E-state index in [0.717, 1.165) is 11.3 Å². The second kappa shape index (κ2) is 5.91. The molecule has 1 aromatic carbocycles. The minimum atomic E-state index is -0.122. The summed E-state index contributed by atoms with van der Waals surface area (Å²) in [6.07, 6.45) is 1.75. The van der Waals surface area contributed by atoms with Gasteiger partial charge in [-0.3, -0.25) is 9.36 Å². The van der Waals surface area contributed by atoms with Gasteiger partial charge in [-0.1, -0.05) is 17.7 Å². The SMILES string of the molecule is Cc1ccc(=O)n(-c2ccc(NCCO)cc2Cl)c1. The fraction of sp³-hybridized carbons (Fsp3) is 0.214. The fourth-order valence-corrected chi connectivity index (χ4v) is 2.07. The Morgan fingerprint density at radius 1 is 1.32 bits per heavy atom. The number of aromatic nitrogens is 1. The van der Waals surface area contributed by atoms with Gasteiger partial charge in [0.2, 0.25) is 0 Å². The number of nitrogens with one attached hydrogen (secondary N) is 1. The first-order chi connectivity index (χ1) is 9.11. The van der Waals surface area contributed by atoms with E-state index in [9.17, 15) is 4.79 Å². The van der Waals surface area contributed by atoms with Crippen LogP contribution in [0.5, 0.6) is 0 Å². The fourth-order valence-electron chi connectivity index (χ4n) is 1.79. The van der Waals surface area contributed by atoms with Crippen LogP contribution in [-0.4, -0.2) is 22.8 Å². The van der Waals surface area contributed by atoms with Crippen molar-refractivity contribution in [3.05, 3.63) is 57.5 Å². The molecule has 4 nitrogen and oxygen atoms in total. The summed E-state index contributed by atoms with van der Waals surface area (Å²) < 4.78 is 1.52. The van der Waals surface area contributed by atoms with E-state index in [-0.39, 0.29) is 12.2 Å². The molecule has 0 unspecified atom stereocenters. The Hall–Kier alpha value is -1.78. The molecule has 0 radical (unpaired) electrons. The van der Waals surface area contributed by atoms with Crippen molar-refractivity contribution in [2.75, 3.05) is 18.5 Å². The van der Waals surface area contributed by atoms with E-state index < -0.39 is 0 Å². The number of nitrogens with zero attached hydrogens (tertiary/aromatic N) is 1. The first-order valence-electron chi connectivity index (χ1n) is 5.96. The van der Waals surface area contributed by atoms with Gasteiger partial charge in [-0.05, 0) is 30.7 Å². The predicted molar refractivity (Wildman–Crippen MR) is 77.4 cm³/mol. The Kier molecular flexibility index (Phi) is 4.24. The van der Waals surface area contributed by atoms with Gasteiger partial charge in [-0.15, -0.1) is 0 Å². The van der Waals surface area contributed by atoms with E-state index in [4.69, 9.17) is 16.7 Å². The average molecular weight is 279 g/mol. The first kappa shape index (κ1) is 13.6. The summed E-state index contributed by atoms with van der Waals surface area (Å²) in [5.41, 5.74) is 2.31. The number of benzene rings is 1. The molecular formula is C14H15ClN2O2. The third-order valence-electron chi connectivity index (χ3n) is 2.71. The van der Waals surface area contributed by atoms with E-state index in [0.29, 0.717) is 17.3 Å². The van der Waals surface area contributed by atoms with E-state index in [1.165, 1.54) is 10.6 Å². The van der Waals surface area contributed by atoms with Crippen molar-refractivity contribution in [2.24, 2.45) is 0 Å². The molecule has 2 rings (SSSR count). The second-order valence-corrected chi connectivity index (χ2v) is 4.64. The van der Waals surface area contributed by atoms with Gasteiger partial charge in [0.15, 0.2) is 0 Å². The van der Waals surface area contributed by atoms with E-state index in [1.807, 2.05) is 13.0 Å². The van der Waals surface area contributed by atoms with E-state index in [1.54, 1.807) is 24.4 Å². The summed E-state index contributed by atoms with van der Waals surface area (Å²) >= 11 is 6.20. The van der Waals surface area contributed by atoms with Crippen molar-refractivity contribution in [1.29, 1.82) is 0 Å². The molecule has 0 bridgehead atoms. The smallest absolute Gasteiger partial charge is 0.255 e. The number of hydrogen-bond donors (Lipinski definition) is 2. The van der Waals surface area contributed by atoms with E-state index in [2.05, 4.69) is 5.32 Å². The molecule has 0 spiro atoms. The van der Waals surface area contributed by atoms with Gasteiger partial charge >= 0.3 is 0 Å². The maximum atomic E-state index is 11.8. The zero-order valence-corrected chi connectivity index (χ0v) is 11.3. The second-order valence-electron chi connectivity index (χ2n) is 4.23. The summed E-state index contributed by atoms with van der Waals surface area (Å²) in [7, 11) is 0. The zero-order chi connectivity index (χ0) is 13.8. The lowest BCUT2D eigenvalue weighted by Crippen LogP contribution is -2.17. The minimum absolute atomic E-state index is 0.0523. The summed E-state index contributed by atoms with van der Waals surface area (Å²) in [6.45, 7) is 2.43. The lowest BCUT2D eigenvalue weighted by molar-refractivity contribution is 0.311. The number of halogens is 1. The largest absolute Gasteiger partial charge is 0.395 e. The van der Waals surface area contributed by atoms with Crippen molar-refractivity contribution in [1.82, 2.24) is 4.57 Å².